The van der Waals surface area contributed by atoms with Gasteiger partial charge in [0.25, 0.3) is 0 Å². The number of fused-ring (bicyclic) bond motifs is 11. The van der Waals surface area contributed by atoms with E-state index in [4.69, 9.17) is 9.98 Å². The van der Waals surface area contributed by atoms with E-state index in [9.17, 15) is 0 Å². The van der Waals surface area contributed by atoms with Crippen molar-refractivity contribution in [3.8, 4) is 44.5 Å². The summed E-state index contributed by atoms with van der Waals surface area (Å²) in [6, 6.07) is 77.1. The van der Waals surface area contributed by atoms with Gasteiger partial charge in [-0.3, -0.25) is 0 Å². The second kappa shape index (κ2) is 13.2. The highest BCUT2D eigenvalue weighted by Crippen LogP contribution is 2.63. The van der Waals surface area contributed by atoms with E-state index in [0.717, 1.165) is 28.1 Å². The largest absolute Gasteiger partial charge is 0.344 e. The normalized spacial score (nSPS) is 15.4. The lowest BCUT2D eigenvalue weighted by Crippen LogP contribution is -2.33. The molecule has 9 aromatic rings. The second-order valence-electron chi connectivity index (χ2n) is 15.7. The van der Waals surface area contributed by atoms with Crippen molar-refractivity contribution in [2.75, 3.05) is 0 Å². The van der Waals surface area contributed by atoms with E-state index in [0.29, 0.717) is 5.84 Å². The molecule has 1 unspecified atom stereocenters. The fourth-order valence-electron chi connectivity index (χ4n) is 10.0. The average molecular weight is 752 g/mol. The molecule has 1 N–H and O–H groups in total. The molecule has 12 rings (SSSR count). The first-order valence-electron chi connectivity index (χ1n) is 20.4. The van der Waals surface area contributed by atoms with Crippen LogP contribution >= 0.6 is 0 Å². The number of aliphatic imine (C=N–C) groups is 2. The van der Waals surface area contributed by atoms with Gasteiger partial charge in [0.05, 0.1) is 5.41 Å². The molecule has 276 valence electrons. The molecule has 9 aromatic carbocycles. The van der Waals surface area contributed by atoms with Crippen LogP contribution in [-0.4, -0.2) is 11.7 Å². The number of rotatable bonds is 5. The van der Waals surface area contributed by atoms with Crippen LogP contribution in [0, 0.1) is 0 Å². The van der Waals surface area contributed by atoms with Gasteiger partial charge in [0, 0.05) is 11.1 Å². The van der Waals surface area contributed by atoms with E-state index in [1.807, 2.05) is 24.3 Å². The third kappa shape index (κ3) is 5.08. The van der Waals surface area contributed by atoms with Gasteiger partial charge in [0.1, 0.15) is 12.0 Å². The number of nitrogens with zero attached hydrogens (tertiary/aromatic N) is 2. The fraction of sp³-hybridized carbons (Fsp3) is 0.0357. The highest BCUT2D eigenvalue weighted by atomic mass is 15.2. The van der Waals surface area contributed by atoms with E-state index in [1.54, 1.807) is 0 Å². The van der Waals surface area contributed by atoms with Crippen LogP contribution in [0.4, 0.5) is 0 Å². The van der Waals surface area contributed by atoms with Crippen LogP contribution in [0.25, 0.3) is 55.3 Å². The first kappa shape index (κ1) is 33.5. The van der Waals surface area contributed by atoms with Crippen molar-refractivity contribution < 1.29 is 0 Å². The van der Waals surface area contributed by atoms with Crippen molar-refractivity contribution in [1.29, 1.82) is 0 Å². The topological polar surface area (TPSA) is 36.8 Å². The molecule has 0 fully saturated rings. The number of hydrogen-bond donors (Lipinski definition) is 1. The summed E-state index contributed by atoms with van der Waals surface area (Å²) in [7, 11) is 0. The molecule has 1 aliphatic heterocycles. The maximum absolute atomic E-state index is 5.23. The minimum atomic E-state index is -0.412. The van der Waals surface area contributed by atoms with Crippen molar-refractivity contribution in [3.05, 3.63) is 251 Å². The Kier molecular flexibility index (Phi) is 7.51. The van der Waals surface area contributed by atoms with E-state index in [1.165, 1.54) is 72.0 Å². The van der Waals surface area contributed by atoms with Crippen molar-refractivity contribution in [2.24, 2.45) is 9.98 Å². The first-order valence-corrected chi connectivity index (χ1v) is 20.4. The maximum Gasteiger partial charge on any atom is 0.159 e. The van der Waals surface area contributed by atoms with Gasteiger partial charge < -0.3 is 5.32 Å². The predicted octanol–water partition coefficient (Wildman–Crippen LogP) is 13.0. The number of hydrogen-bond acceptors (Lipinski definition) is 3. The summed E-state index contributed by atoms with van der Waals surface area (Å²) >= 11 is 0. The summed E-state index contributed by atoms with van der Waals surface area (Å²) in [5.74, 6) is 1.52. The summed E-state index contributed by atoms with van der Waals surface area (Å²) in [5.41, 5.74) is 18.0. The molecule has 3 aliphatic rings. The lowest BCUT2D eigenvalue weighted by atomic mass is 9.70. The molecule has 59 heavy (non-hydrogen) atoms. The Hall–Kier alpha value is -7.62. The summed E-state index contributed by atoms with van der Waals surface area (Å²) in [4.78, 5) is 10.3. The lowest BCUT2D eigenvalue weighted by molar-refractivity contribution is 0.674. The highest BCUT2D eigenvalue weighted by Gasteiger charge is 2.51. The van der Waals surface area contributed by atoms with Crippen LogP contribution < -0.4 is 5.32 Å². The molecule has 0 bridgehead atoms. The van der Waals surface area contributed by atoms with Crippen molar-refractivity contribution in [2.45, 2.75) is 11.6 Å². The Morgan fingerprint density at radius 2 is 0.949 bits per heavy atom. The average Bonchev–Trinajstić information content (AvgIpc) is 3.79. The molecule has 0 amide bonds. The van der Waals surface area contributed by atoms with Gasteiger partial charge in [0.2, 0.25) is 0 Å². The number of nitrogens with one attached hydrogen (secondary N) is 1. The summed E-state index contributed by atoms with van der Waals surface area (Å²) in [5, 5.41) is 6.12. The van der Waals surface area contributed by atoms with Gasteiger partial charge >= 0.3 is 0 Å². The monoisotopic (exact) mass is 751 g/mol. The summed E-state index contributed by atoms with van der Waals surface area (Å²) in [6.07, 6.45) is -0.336. The third-order valence-electron chi connectivity index (χ3n) is 12.5. The summed E-state index contributed by atoms with van der Waals surface area (Å²) < 4.78 is 0. The minimum Gasteiger partial charge on any atom is -0.344 e. The molecule has 1 atom stereocenters. The van der Waals surface area contributed by atoms with Crippen LogP contribution in [0.3, 0.4) is 0 Å². The number of benzene rings is 9. The Bertz CT molecular complexity index is 3130. The predicted molar refractivity (Wildman–Crippen MR) is 243 cm³/mol. The Morgan fingerprint density at radius 3 is 1.64 bits per heavy atom. The van der Waals surface area contributed by atoms with Gasteiger partial charge in [-0.1, -0.05) is 200 Å². The lowest BCUT2D eigenvalue weighted by Gasteiger charge is -2.30. The van der Waals surface area contributed by atoms with Gasteiger partial charge in [-0.05, 0) is 95.2 Å². The van der Waals surface area contributed by atoms with Crippen LogP contribution in [0.5, 0.6) is 0 Å². The third-order valence-corrected chi connectivity index (χ3v) is 12.5. The van der Waals surface area contributed by atoms with Crippen molar-refractivity contribution in [3.63, 3.8) is 0 Å². The molecular formula is C56H37N3. The summed E-state index contributed by atoms with van der Waals surface area (Å²) in [6.45, 7) is 0. The first-order chi connectivity index (χ1) is 29.3. The van der Waals surface area contributed by atoms with E-state index in [2.05, 4.69) is 193 Å². The van der Waals surface area contributed by atoms with Crippen LogP contribution in [0.2, 0.25) is 0 Å². The van der Waals surface area contributed by atoms with Crippen LogP contribution in [0.15, 0.2) is 222 Å². The highest BCUT2D eigenvalue weighted by molar-refractivity contribution is 6.13. The quantitative estimate of drug-likeness (QED) is 0.187. The number of amidine groups is 2. The van der Waals surface area contributed by atoms with Gasteiger partial charge in [-0.15, -0.1) is 0 Å². The molecular weight excluding hydrogens is 715 g/mol. The van der Waals surface area contributed by atoms with E-state index >= 15 is 0 Å². The molecule has 0 radical (unpaired) electrons. The molecule has 3 heteroatoms. The van der Waals surface area contributed by atoms with E-state index < -0.39 is 5.41 Å². The Labute approximate surface area is 343 Å². The zero-order valence-corrected chi connectivity index (χ0v) is 32.2. The molecule has 3 nitrogen and oxygen atoms in total. The minimum absolute atomic E-state index is 0.336. The molecule has 1 heterocycles. The van der Waals surface area contributed by atoms with Crippen LogP contribution in [-0.2, 0) is 5.41 Å². The fourth-order valence-corrected chi connectivity index (χ4v) is 10.0. The van der Waals surface area contributed by atoms with E-state index in [-0.39, 0.29) is 6.17 Å². The molecule has 0 aromatic heterocycles. The van der Waals surface area contributed by atoms with Crippen LogP contribution in [0.1, 0.15) is 45.1 Å². The van der Waals surface area contributed by atoms with Gasteiger partial charge in [0.15, 0.2) is 5.84 Å². The standard InChI is InChI=1S/C56H37N3/c1-3-17-37(18-4-1)53-57-54(38-19-5-2-6-20-38)59-55(58-53)41-22-15-21-40(34-41)52-42-23-8-7-16-36(42)30-32-43(52)39-31-33-47-46-26-11-14-29-50(46)56(51(47)35-39)48-27-12-9-24-44(48)45-25-10-13-28-49(45)56/h1-35,55H,(H,57,58,59). The van der Waals surface area contributed by atoms with Gasteiger partial charge in [-0.2, -0.15) is 0 Å². The van der Waals surface area contributed by atoms with Gasteiger partial charge in [-0.25, -0.2) is 9.98 Å². The molecule has 0 saturated heterocycles. The Balaban J connectivity index is 1.04. The maximum atomic E-state index is 5.23. The Morgan fingerprint density at radius 1 is 0.390 bits per heavy atom. The zero-order chi connectivity index (χ0) is 38.9. The molecule has 0 saturated carbocycles. The molecule has 2 aliphatic carbocycles. The molecule has 1 spiro atoms. The smallest absolute Gasteiger partial charge is 0.159 e. The van der Waals surface area contributed by atoms with Crippen molar-refractivity contribution >= 4 is 22.4 Å². The SMILES string of the molecule is c1ccc(C2=NC(c3cccc(-c4c(-c5ccc6c(c5)C5(c7ccccc7-c7ccccc75)c5ccccc5-6)ccc5ccccc45)c3)NC(c3ccccc3)=N2)cc1. The zero-order valence-electron chi connectivity index (χ0n) is 32.2. The second-order valence-corrected chi connectivity index (χ2v) is 15.7. The van der Waals surface area contributed by atoms with Crippen molar-refractivity contribution in [1.82, 2.24) is 5.32 Å².